The highest BCUT2D eigenvalue weighted by Crippen LogP contribution is 2.28. The maximum Gasteiger partial charge on any atom is 0.322 e. The number of imide groups is 1. The quantitative estimate of drug-likeness (QED) is 0.799. The van der Waals surface area contributed by atoms with Crippen LogP contribution in [0.15, 0.2) is 47.4 Å². The van der Waals surface area contributed by atoms with Crippen molar-refractivity contribution in [3.8, 4) is 5.75 Å². The first-order chi connectivity index (χ1) is 12.0. The van der Waals surface area contributed by atoms with Gasteiger partial charge in [0.2, 0.25) is 0 Å². The van der Waals surface area contributed by atoms with Gasteiger partial charge in [-0.1, -0.05) is 25.1 Å². The Hall–Kier alpha value is -3.09. The van der Waals surface area contributed by atoms with Crippen LogP contribution in [-0.4, -0.2) is 23.6 Å². The fourth-order valence-electron chi connectivity index (χ4n) is 3.01. The predicted octanol–water partition coefficient (Wildman–Crippen LogP) is 1.15. The second-order valence-corrected chi connectivity index (χ2v) is 5.86. The van der Waals surface area contributed by atoms with Crippen molar-refractivity contribution in [2.24, 2.45) is 0 Å². The molecule has 1 aliphatic heterocycles. The van der Waals surface area contributed by atoms with Crippen LogP contribution in [-0.2, 0) is 23.3 Å². The van der Waals surface area contributed by atoms with Gasteiger partial charge < -0.3 is 14.6 Å². The van der Waals surface area contributed by atoms with Gasteiger partial charge in [0.25, 0.3) is 11.5 Å². The number of rotatable bonds is 5. The number of pyridine rings is 1. The summed E-state index contributed by atoms with van der Waals surface area (Å²) in [6, 6.07) is 9.76. The van der Waals surface area contributed by atoms with E-state index in [4.69, 9.17) is 4.74 Å². The molecule has 25 heavy (non-hydrogen) atoms. The van der Waals surface area contributed by atoms with Gasteiger partial charge >= 0.3 is 6.03 Å². The number of urea groups is 1. The van der Waals surface area contributed by atoms with Crippen molar-refractivity contribution < 1.29 is 14.3 Å². The van der Waals surface area contributed by atoms with Gasteiger partial charge in [0.05, 0.1) is 13.7 Å². The van der Waals surface area contributed by atoms with Crippen molar-refractivity contribution in [1.29, 1.82) is 0 Å². The molecule has 1 unspecified atom stereocenters. The summed E-state index contributed by atoms with van der Waals surface area (Å²) < 4.78 is 6.59. The van der Waals surface area contributed by atoms with Gasteiger partial charge in [-0.25, -0.2) is 4.79 Å². The smallest absolute Gasteiger partial charge is 0.322 e. The van der Waals surface area contributed by atoms with Crippen LogP contribution < -0.4 is 20.9 Å². The number of amides is 3. The Labute approximate surface area is 144 Å². The molecule has 1 aromatic carbocycles. The molecule has 1 aliphatic rings. The van der Waals surface area contributed by atoms with Gasteiger partial charge in [0.1, 0.15) is 5.75 Å². The number of hydrogen-bond acceptors (Lipinski definition) is 4. The molecule has 7 heteroatoms. The average Bonchev–Trinajstić information content (AvgIpc) is 2.91. The lowest BCUT2D eigenvalue weighted by atomic mass is 9.89. The number of aryl methyl sites for hydroxylation is 1. The molecule has 1 saturated heterocycles. The van der Waals surface area contributed by atoms with Crippen molar-refractivity contribution in [1.82, 2.24) is 15.2 Å². The minimum Gasteiger partial charge on any atom is -0.497 e. The molecule has 7 nitrogen and oxygen atoms in total. The van der Waals surface area contributed by atoms with E-state index in [0.717, 1.165) is 0 Å². The summed E-state index contributed by atoms with van der Waals surface area (Å²) in [6.07, 6.45) is 2.21. The minimum absolute atomic E-state index is 0.00355. The Morgan fingerprint density at radius 2 is 1.84 bits per heavy atom. The Morgan fingerprint density at radius 3 is 2.40 bits per heavy atom. The summed E-state index contributed by atoms with van der Waals surface area (Å²) in [5.41, 5.74) is -0.297. The fraction of sp³-hybridized carbons (Fsp3) is 0.278. The van der Waals surface area contributed by atoms with Gasteiger partial charge in [0, 0.05) is 11.8 Å². The third kappa shape index (κ3) is 2.88. The van der Waals surface area contributed by atoms with Gasteiger partial charge in [-0.3, -0.25) is 14.9 Å². The highest BCUT2D eigenvalue weighted by atomic mass is 16.5. The summed E-state index contributed by atoms with van der Waals surface area (Å²) in [4.78, 5) is 36.9. The van der Waals surface area contributed by atoms with Crippen molar-refractivity contribution in [2.45, 2.75) is 25.4 Å². The highest BCUT2D eigenvalue weighted by Gasteiger charge is 2.48. The zero-order valence-electron chi connectivity index (χ0n) is 14.0. The van der Waals surface area contributed by atoms with Gasteiger partial charge in [-0.05, 0) is 30.2 Å². The number of hydrogen-bond donors (Lipinski definition) is 2. The lowest BCUT2D eigenvalue weighted by Crippen LogP contribution is -2.49. The molecule has 3 rings (SSSR count). The van der Waals surface area contributed by atoms with Crippen LogP contribution in [0.4, 0.5) is 4.79 Å². The summed E-state index contributed by atoms with van der Waals surface area (Å²) in [5.74, 6) is 0.144. The number of ether oxygens (including phenoxy) is 1. The first kappa shape index (κ1) is 16.8. The number of carbonyl (C=O) groups excluding carboxylic acids is 2. The number of nitrogens with one attached hydrogen (secondary N) is 2. The standard InChI is InChI=1S/C18H19N3O4/c1-3-12-5-4-10-21(15(12)22)11-18(16(23)19-17(24)20-18)13-6-8-14(25-2)9-7-13/h4-10H,3,11H2,1-2H3,(H2,19,20,23,24). The van der Waals surface area contributed by atoms with Crippen molar-refractivity contribution in [3.63, 3.8) is 0 Å². The van der Waals surface area contributed by atoms with E-state index in [0.29, 0.717) is 23.3 Å². The van der Waals surface area contributed by atoms with Crippen LogP contribution in [0.3, 0.4) is 0 Å². The van der Waals surface area contributed by atoms with Crippen LogP contribution in [0.25, 0.3) is 0 Å². The number of benzene rings is 1. The molecular formula is C18H19N3O4. The molecule has 0 bridgehead atoms. The molecule has 0 saturated carbocycles. The van der Waals surface area contributed by atoms with E-state index in [-0.39, 0.29) is 12.1 Å². The van der Waals surface area contributed by atoms with E-state index in [1.54, 1.807) is 49.7 Å². The van der Waals surface area contributed by atoms with Crippen LogP contribution in [0.5, 0.6) is 5.75 Å². The van der Waals surface area contributed by atoms with E-state index in [1.165, 1.54) is 4.57 Å². The third-order valence-electron chi connectivity index (χ3n) is 4.41. The lowest BCUT2D eigenvalue weighted by molar-refractivity contribution is -0.124. The van der Waals surface area contributed by atoms with Gasteiger partial charge in [-0.2, -0.15) is 0 Å². The minimum atomic E-state index is -1.35. The van der Waals surface area contributed by atoms with Crippen LogP contribution in [0.1, 0.15) is 18.1 Å². The summed E-state index contributed by atoms with van der Waals surface area (Å²) >= 11 is 0. The van der Waals surface area contributed by atoms with Crippen molar-refractivity contribution in [3.05, 3.63) is 64.1 Å². The molecule has 130 valence electrons. The normalized spacial score (nSPS) is 19.4. The molecule has 2 aromatic rings. The van der Waals surface area contributed by atoms with Gasteiger partial charge in [-0.15, -0.1) is 0 Å². The van der Waals surface area contributed by atoms with E-state index in [2.05, 4.69) is 10.6 Å². The van der Waals surface area contributed by atoms with Crippen LogP contribution >= 0.6 is 0 Å². The zero-order chi connectivity index (χ0) is 18.0. The van der Waals surface area contributed by atoms with Crippen LogP contribution in [0, 0.1) is 0 Å². The van der Waals surface area contributed by atoms with E-state index >= 15 is 0 Å². The number of aromatic nitrogens is 1. The van der Waals surface area contributed by atoms with Crippen LogP contribution in [0.2, 0.25) is 0 Å². The first-order valence-corrected chi connectivity index (χ1v) is 7.96. The Kier molecular flexibility index (Phi) is 4.31. The summed E-state index contributed by atoms with van der Waals surface area (Å²) in [6.45, 7) is 1.90. The number of methoxy groups -OCH3 is 1. The summed E-state index contributed by atoms with van der Waals surface area (Å²) in [7, 11) is 1.55. The Balaban J connectivity index is 2.08. The lowest BCUT2D eigenvalue weighted by Gasteiger charge is -2.27. The largest absolute Gasteiger partial charge is 0.497 e. The van der Waals surface area contributed by atoms with Gasteiger partial charge in [0.15, 0.2) is 5.54 Å². The second-order valence-electron chi connectivity index (χ2n) is 5.86. The molecule has 0 spiro atoms. The monoisotopic (exact) mass is 341 g/mol. The van der Waals surface area contributed by atoms with E-state index < -0.39 is 17.5 Å². The zero-order valence-corrected chi connectivity index (χ0v) is 14.0. The predicted molar refractivity (Wildman–Crippen MR) is 91.4 cm³/mol. The number of nitrogens with zero attached hydrogens (tertiary/aromatic N) is 1. The molecule has 0 aliphatic carbocycles. The van der Waals surface area contributed by atoms with Crippen molar-refractivity contribution in [2.75, 3.05) is 7.11 Å². The Bertz CT molecular complexity index is 873. The van der Waals surface area contributed by atoms with E-state index in [1.807, 2.05) is 6.92 Å². The second kappa shape index (κ2) is 6.43. The first-order valence-electron chi connectivity index (χ1n) is 7.96. The number of carbonyl (C=O) groups is 2. The molecular weight excluding hydrogens is 322 g/mol. The fourth-order valence-corrected chi connectivity index (χ4v) is 3.01. The molecule has 0 radical (unpaired) electrons. The van der Waals surface area contributed by atoms with E-state index in [9.17, 15) is 14.4 Å². The average molecular weight is 341 g/mol. The molecule has 2 N–H and O–H groups in total. The molecule has 3 amide bonds. The summed E-state index contributed by atoms with van der Waals surface area (Å²) in [5, 5.41) is 4.95. The third-order valence-corrected chi connectivity index (χ3v) is 4.41. The Morgan fingerprint density at radius 1 is 1.12 bits per heavy atom. The maximum atomic E-state index is 12.6. The molecule has 2 heterocycles. The van der Waals surface area contributed by atoms with Crippen molar-refractivity contribution >= 4 is 11.9 Å². The highest BCUT2D eigenvalue weighted by molar-refractivity contribution is 6.07. The SMILES string of the molecule is CCc1cccn(CC2(c3ccc(OC)cc3)NC(=O)NC2=O)c1=O. The topological polar surface area (TPSA) is 89.4 Å². The maximum absolute atomic E-state index is 12.6. The molecule has 1 atom stereocenters. The molecule has 1 aromatic heterocycles. The molecule has 1 fully saturated rings.